The molecule has 0 radical (unpaired) electrons. The lowest BCUT2D eigenvalue weighted by Crippen LogP contribution is -2.50. The number of hydrogen-bond donors (Lipinski definition) is 1. The Labute approximate surface area is 238 Å². The summed E-state index contributed by atoms with van der Waals surface area (Å²) in [4.78, 5) is 29.1. The summed E-state index contributed by atoms with van der Waals surface area (Å²) in [6.45, 7) is 1.39. The number of fused-ring (bicyclic) bond motifs is 1. The van der Waals surface area contributed by atoms with Gasteiger partial charge in [0.05, 0.1) is 18.0 Å². The third-order valence-electron chi connectivity index (χ3n) is 6.60. The average molecular weight is 580 g/mol. The number of hydrogen-bond acceptors (Lipinski definition) is 6. The van der Waals surface area contributed by atoms with Crippen LogP contribution in [0.25, 0.3) is 0 Å². The molecule has 0 spiro atoms. The number of benzene rings is 3. The molecule has 3 aromatic rings. The molecular weight excluding hydrogens is 549 g/mol. The Morgan fingerprint density at radius 3 is 2.44 bits per heavy atom. The van der Waals surface area contributed by atoms with Gasteiger partial charge >= 0.3 is 5.97 Å². The minimum absolute atomic E-state index is 0.0576. The first-order valence-corrected chi connectivity index (χ1v) is 14.2. The number of carboxylic acid groups (broad SMARTS) is 1. The number of nitrogens with zero attached hydrogens (tertiary/aromatic N) is 3. The second-order valence-corrected chi connectivity index (χ2v) is 11.6. The van der Waals surface area contributed by atoms with Crippen LogP contribution in [0.3, 0.4) is 0 Å². The van der Waals surface area contributed by atoms with Crippen LogP contribution in [0.1, 0.15) is 21.5 Å². The van der Waals surface area contributed by atoms with E-state index < -0.39 is 40.3 Å². The molecule has 3 aromatic carbocycles. The van der Waals surface area contributed by atoms with Gasteiger partial charge in [-0.15, -0.1) is 0 Å². The van der Waals surface area contributed by atoms with Crippen LogP contribution in [-0.4, -0.2) is 74.4 Å². The van der Waals surface area contributed by atoms with E-state index in [1.54, 1.807) is 24.3 Å². The van der Waals surface area contributed by atoms with Crippen LogP contribution >= 0.6 is 0 Å². The summed E-state index contributed by atoms with van der Waals surface area (Å²) in [5.74, 6) is 3.58. The zero-order valence-corrected chi connectivity index (χ0v) is 23.7. The minimum atomic E-state index is -4.34. The molecule has 0 aliphatic carbocycles. The molecule has 11 heteroatoms. The number of ether oxygens (including phenoxy) is 1. The second-order valence-electron chi connectivity index (χ2n) is 9.71. The highest BCUT2D eigenvalue weighted by molar-refractivity contribution is 7.89. The number of para-hydroxylation sites is 1. The smallest absolute Gasteiger partial charge is 0.323 e. The average Bonchev–Trinajstić information content (AvgIpc) is 3.12. The van der Waals surface area contributed by atoms with Crippen molar-refractivity contribution < 1.29 is 32.2 Å². The Kier molecular flexibility index (Phi) is 9.08. The maximum Gasteiger partial charge on any atom is 0.323 e. The van der Waals surface area contributed by atoms with Crippen LogP contribution in [0.2, 0.25) is 0 Å². The van der Waals surface area contributed by atoms with Crippen molar-refractivity contribution >= 4 is 27.6 Å². The Balaban J connectivity index is 1.66. The van der Waals surface area contributed by atoms with Gasteiger partial charge in [-0.25, -0.2) is 12.8 Å². The normalized spacial score (nSPS) is 15.4. The van der Waals surface area contributed by atoms with Crippen molar-refractivity contribution in [3.63, 3.8) is 0 Å². The molecule has 214 valence electrons. The number of rotatable bonds is 7. The van der Waals surface area contributed by atoms with Gasteiger partial charge in [-0.1, -0.05) is 36.1 Å². The van der Waals surface area contributed by atoms with E-state index in [0.29, 0.717) is 23.5 Å². The molecule has 1 aliphatic heterocycles. The molecule has 4 rings (SSSR count). The Hall–Kier alpha value is -4.24. The number of carbonyl (C=O) groups is 2. The number of aliphatic carboxylic acids is 1. The number of halogens is 1. The topological polar surface area (TPSA) is 107 Å². The van der Waals surface area contributed by atoms with E-state index >= 15 is 0 Å². The van der Waals surface area contributed by atoms with Gasteiger partial charge in [-0.3, -0.25) is 14.5 Å². The highest BCUT2D eigenvalue weighted by Crippen LogP contribution is 2.33. The highest BCUT2D eigenvalue weighted by atomic mass is 32.2. The molecule has 0 bridgehead atoms. The predicted octanol–water partition coefficient (Wildman–Crippen LogP) is 3.38. The summed E-state index contributed by atoms with van der Waals surface area (Å²) < 4.78 is 48.4. The zero-order chi connectivity index (χ0) is 29.7. The molecule has 0 saturated carbocycles. The first-order valence-electron chi connectivity index (χ1n) is 12.7. The summed E-state index contributed by atoms with van der Waals surface area (Å²) >= 11 is 0. The summed E-state index contributed by atoms with van der Waals surface area (Å²) in [5.41, 5.74) is 0.950. The Morgan fingerprint density at radius 2 is 1.76 bits per heavy atom. The van der Waals surface area contributed by atoms with E-state index in [1.165, 1.54) is 54.3 Å². The molecule has 0 aromatic heterocycles. The summed E-state index contributed by atoms with van der Waals surface area (Å²) in [6, 6.07) is 14.7. The molecular formula is C30H30FN3O6S. The van der Waals surface area contributed by atoms with E-state index in [-0.39, 0.29) is 29.2 Å². The number of sulfonamides is 1. The lowest BCUT2D eigenvalue weighted by molar-refractivity contribution is -0.141. The molecule has 1 unspecified atom stereocenters. The molecule has 1 aliphatic rings. The van der Waals surface area contributed by atoms with Gasteiger partial charge in [0.2, 0.25) is 10.0 Å². The third kappa shape index (κ3) is 6.57. The fourth-order valence-corrected chi connectivity index (χ4v) is 5.96. The van der Waals surface area contributed by atoms with Gasteiger partial charge in [0, 0.05) is 17.8 Å². The quantitative estimate of drug-likeness (QED) is 0.428. The van der Waals surface area contributed by atoms with Gasteiger partial charge in [0.1, 0.15) is 24.2 Å². The first-order chi connectivity index (χ1) is 19.5. The van der Waals surface area contributed by atoms with Crippen molar-refractivity contribution in [2.45, 2.75) is 24.4 Å². The number of amides is 1. The van der Waals surface area contributed by atoms with E-state index in [1.807, 2.05) is 19.0 Å². The summed E-state index contributed by atoms with van der Waals surface area (Å²) in [6.07, 6.45) is 0. The van der Waals surface area contributed by atoms with Gasteiger partial charge in [0.15, 0.2) is 0 Å². The zero-order valence-electron chi connectivity index (χ0n) is 22.9. The van der Waals surface area contributed by atoms with Crippen LogP contribution in [0.5, 0.6) is 5.75 Å². The molecule has 1 heterocycles. The Morgan fingerprint density at radius 1 is 1.05 bits per heavy atom. The van der Waals surface area contributed by atoms with Gasteiger partial charge < -0.3 is 14.7 Å². The van der Waals surface area contributed by atoms with Crippen molar-refractivity contribution in [3.05, 3.63) is 89.2 Å². The van der Waals surface area contributed by atoms with E-state index in [2.05, 4.69) is 11.8 Å². The third-order valence-corrected chi connectivity index (χ3v) is 8.47. The minimum Gasteiger partial charge on any atom is -0.481 e. The van der Waals surface area contributed by atoms with Crippen LogP contribution < -0.4 is 9.64 Å². The van der Waals surface area contributed by atoms with Gasteiger partial charge in [-0.05, 0) is 74.6 Å². The number of anilines is 1. The van der Waals surface area contributed by atoms with Crippen molar-refractivity contribution in [1.82, 2.24) is 9.21 Å². The van der Waals surface area contributed by atoms with Crippen molar-refractivity contribution in [2.24, 2.45) is 0 Å². The van der Waals surface area contributed by atoms with Crippen LogP contribution in [-0.2, 0) is 21.4 Å². The second kappa shape index (κ2) is 12.5. The van der Waals surface area contributed by atoms with Crippen LogP contribution in [0, 0.1) is 24.6 Å². The first kappa shape index (κ1) is 29.7. The Bertz CT molecular complexity index is 1610. The highest BCUT2D eigenvalue weighted by Gasteiger charge is 2.42. The molecule has 1 atom stereocenters. The molecule has 1 N–H and O–H groups in total. The number of carbonyl (C=O) groups excluding carboxylic acids is 1. The maximum absolute atomic E-state index is 14.3. The standard InChI is InChI=1S/C30H30FN3O6S/c1-21-25(10-8-11-26(21)31)29(35)33-20-28(30(36)37)34(19-22-9-4-5-12-27(22)33)41(38,39)24-15-13-23(14-16-24)40-18-7-6-17-32(2)3/h4-5,8-16,28H,17-20H2,1-3H3,(H,36,37). The van der Waals surface area contributed by atoms with Crippen LogP contribution in [0.4, 0.5) is 10.1 Å². The van der Waals surface area contributed by atoms with Crippen molar-refractivity contribution in [1.29, 1.82) is 0 Å². The van der Waals surface area contributed by atoms with Gasteiger partial charge in [0.25, 0.3) is 5.91 Å². The molecule has 41 heavy (non-hydrogen) atoms. The predicted molar refractivity (Wildman–Crippen MR) is 152 cm³/mol. The fraction of sp³-hybridized carbons (Fsp3) is 0.267. The lowest BCUT2D eigenvalue weighted by atomic mass is 10.1. The molecule has 1 amide bonds. The molecule has 0 fully saturated rings. The number of carboxylic acids is 1. The van der Waals surface area contributed by atoms with Crippen molar-refractivity contribution in [2.75, 3.05) is 38.7 Å². The molecule has 9 nitrogen and oxygen atoms in total. The summed E-state index contributed by atoms with van der Waals surface area (Å²) in [5, 5.41) is 10.2. The largest absolute Gasteiger partial charge is 0.481 e. The van der Waals surface area contributed by atoms with Crippen LogP contribution in [0.15, 0.2) is 71.6 Å². The van der Waals surface area contributed by atoms with Crippen molar-refractivity contribution in [3.8, 4) is 17.6 Å². The molecule has 0 saturated heterocycles. The lowest BCUT2D eigenvalue weighted by Gasteiger charge is -2.28. The van der Waals surface area contributed by atoms with E-state index in [0.717, 1.165) is 4.31 Å². The van der Waals surface area contributed by atoms with E-state index in [4.69, 9.17) is 4.74 Å². The fourth-order valence-electron chi connectivity index (χ4n) is 4.41. The van der Waals surface area contributed by atoms with Gasteiger partial charge in [-0.2, -0.15) is 4.31 Å². The maximum atomic E-state index is 14.3. The monoisotopic (exact) mass is 579 g/mol. The SMILES string of the molecule is Cc1c(F)cccc1C(=O)N1CC(C(=O)O)N(S(=O)(=O)c2ccc(OCC#CCN(C)C)cc2)Cc2ccccc21. The van der Waals surface area contributed by atoms with E-state index in [9.17, 15) is 27.5 Å². The summed E-state index contributed by atoms with van der Waals surface area (Å²) in [7, 11) is -0.549.